The SMILES string of the molecule is CCNC(Cc1ccc2c(c1)SCC2)C1CC1. The van der Waals surface area contributed by atoms with Gasteiger partial charge in [0.2, 0.25) is 0 Å². The molecule has 1 atom stereocenters. The van der Waals surface area contributed by atoms with Crippen LogP contribution in [0.1, 0.15) is 30.9 Å². The van der Waals surface area contributed by atoms with Crippen LogP contribution in [-0.2, 0) is 12.8 Å². The second kappa shape index (κ2) is 5.03. The summed E-state index contributed by atoms with van der Waals surface area (Å²) in [7, 11) is 0. The fraction of sp³-hybridized carbons (Fsp3) is 0.600. The lowest BCUT2D eigenvalue weighted by atomic mass is 10.0. The van der Waals surface area contributed by atoms with Gasteiger partial charge in [-0.1, -0.05) is 19.1 Å². The van der Waals surface area contributed by atoms with Gasteiger partial charge in [-0.05, 0) is 55.3 Å². The van der Waals surface area contributed by atoms with Crippen LogP contribution in [0.15, 0.2) is 23.1 Å². The monoisotopic (exact) mass is 247 g/mol. The Hall–Kier alpha value is -0.470. The topological polar surface area (TPSA) is 12.0 Å². The maximum absolute atomic E-state index is 3.65. The molecule has 1 heterocycles. The predicted molar refractivity (Wildman–Crippen MR) is 74.8 cm³/mol. The summed E-state index contributed by atoms with van der Waals surface area (Å²) in [6, 6.07) is 7.84. The van der Waals surface area contributed by atoms with E-state index < -0.39 is 0 Å². The minimum Gasteiger partial charge on any atom is -0.314 e. The molecule has 0 radical (unpaired) electrons. The van der Waals surface area contributed by atoms with E-state index >= 15 is 0 Å². The van der Waals surface area contributed by atoms with Crippen LogP contribution in [0.5, 0.6) is 0 Å². The lowest BCUT2D eigenvalue weighted by molar-refractivity contribution is 0.472. The molecule has 1 saturated carbocycles. The van der Waals surface area contributed by atoms with Gasteiger partial charge in [0, 0.05) is 16.7 Å². The predicted octanol–water partition coefficient (Wildman–Crippen LogP) is 3.27. The van der Waals surface area contributed by atoms with Crippen LogP contribution in [0.25, 0.3) is 0 Å². The van der Waals surface area contributed by atoms with Crippen LogP contribution in [0, 0.1) is 5.92 Å². The number of hydrogen-bond acceptors (Lipinski definition) is 2. The molecule has 3 rings (SSSR count). The Labute approximate surface area is 108 Å². The smallest absolute Gasteiger partial charge is 0.0136 e. The van der Waals surface area contributed by atoms with E-state index in [9.17, 15) is 0 Å². The van der Waals surface area contributed by atoms with Crippen molar-refractivity contribution < 1.29 is 0 Å². The highest BCUT2D eigenvalue weighted by Gasteiger charge is 2.30. The molecule has 0 spiro atoms. The van der Waals surface area contributed by atoms with Crippen LogP contribution in [0.2, 0.25) is 0 Å². The van der Waals surface area contributed by atoms with E-state index in [1.165, 1.54) is 41.9 Å². The van der Waals surface area contributed by atoms with Crippen molar-refractivity contribution in [2.45, 2.75) is 43.5 Å². The van der Waals surface area contributed by atoms with Gasteiger partial charge < -0.3 is 5.32 Å². The molecule has 1 aliphatic heterocycles. The molecule has 17 heavy (non-hydrogen) atoms. The van der Waals surface area contributed by atoms with Crippen LogP contribution in [-0.4, -0.2) is 18.3 Å². The molecule has 1 fully saturated rings. The van der Waals surface area contributed by atoms with Gasteiger partial charge >= 0.3 is 0 Å². The highest BCUT2D eigenvalue weighted by Crippen LogP contribution is 2.36. The first-order chi connectivity index (χ1) is 8.36. The number of benzene rings is 1. The van der Waals surface area contributed by atoms with E-state index in [4.69, 9.17) is 0 Å². The molecule has 0 saturated heterocycles. The first-order valence-corrected chi connectivity index (χ1v) is 7.83. The minimum absolute atomic E-state index is 0.712. The first-order valence-electron chi connectivity index (χ1n) is 6.85. The Morgan fingerprint density at radius 3 is 3.06 bits per heavy atom. The average molecular weight is 247 g/mol. The maximum Gasteiger partial charge on any atom is 0.0136 e. The lowest BCUT2D eigenvalue weighted by Gasteiger charge is -2.17. The van der Waals surface area contributed by atoms with Gasteiger partial charge in [-0.15, -0.1) is 11.8 Å². The summed E-state index contributed by atoms with van der Waals surface area (Å²) in [5.74, 6) is 2.22. The molecule has 1 aromatic rings. The summed E-state index contributed by atoms with van der Waals surface area (Å²) in [6.45, 7) is 3.31. The molecule has 2 heteroatoms. The third-order valence-corrected chi connectivity index (χ3v) is 4.97. The molecule has 92 valence electrons. The zero-order chi connectivity index (χ0) is 11.7. The Morgan fingerprint density at radius 1 is 1.41 bits per heavy atom. The van der Waals surface area contributed by atoms with Crippen LogP contribution < -0.4 is 5.32 Å². The standard InChI is InChI=1S/C15H21NS/c1-2-16-14(12-5-6-12)9-11-3-4-13-7-8-17-15(13)10-11/h3-4,10,12,14,16H,2,5-9H2,1H3. The molecule has 0 amide bonds. The third-order valence-electron chi connectivity index (χ3n) is 3.87. The Morgan fingerprint density at radius 2 is 2.29 bits per heavy atom. The summed E-state index contributed by atoms with van der Waals surface area (Å²) in [5.41, 5.74) is 3.08. The average Bonchev–Trinajstić information content (AvgIpc) is 3.07. The van der Waals surface area contributed by atoms with Crippen molar-refractivity contribution >= 4 is 11.8 Å². The summed E-state index contributed by atoms with van der Waals surface area (Å²) in [5, 5.41) is 3.65. The zero-order valence-electron chi connectivity index (χ0n) is 10.5. The molecule has 1 unspecified atom stereocenters. The van der Waals surface area contributed by atoms with Crippen molar-refractivity contribution in [3.05, 3.63) is 29.3 Å². The van der Waals surface area contributed by atoms with Crippen molar-refractivity contribution in [3.63, 3.8) is 0 Å². The van der Waals surface area contributed by atoms with E-state index in [0.29, 0.717) is 6.04 Å². The Bertz CT molecular complexity index is 398. The van der Waals surface area contributed by atoms with Crippen molar-refractivity contribution in [3.8, 4) is 0 Å². The number of fused-ring (bicyclic) bond motifs is 1. The number of likely N-dealkylation sites (N-methyl/N-ethyl adjacent to an activating group) is 1. The second-order valence-corrected chi connectivity index (χ2v) is 6.38. The second-order valence-electron chi connectivity index (χ2n) is 5.25. The number of aryl methyl sites for hydroxylation is 1. The Kier molecular flexibility index (Phi) is 3.44. The van der Waals surface area contributed by atoms with Gasteiger partial charge in [-0.3, -0.25) is 0 Å². The quantitative estimate of drug-likeness (QED) is 0.857. The van der Waals surface area contributed by atoms with Gasteiger partial charge in [0.1, 0.15) is 0 Å². The number of thioether (sulfide) groups is 1. The van der Waals surface area contributed by atoms with E-state index in [1.807, 2.05) is 11.8 Å². The molecule has 1 aromatic carbocycles. The van der Waals surface area contributed by atoms with Crippen molar-refractivity contribution in [1.82, 2.24) is 5.32 Å². The first kappa shape index (κ1) is 11.6. The lowest BCUT2D eigenvalue weighted by Crippen LogP contribution is -2.32. The van der Waals surface area contributed by atoms with E-state index in [2.05, 4.69) is 30.4 Å². The Balaban J connectivity index is 1.70. The normalized spacial score (nSPS) is 20.3. The van der Waals surface area contributed by atoms with Crippen molar-refractivity contribution in [2.75, 3.05) is 12.3 Å². The summed E-state index contributed by atoms with van der Waals surface area (Å²) >= 11 is 2.03. The third kappa shape index (κ3) is 2.69. The molecular formula is C15H21NS. The van der Waals surface area contributed by atoms with E-state index in [0.717, 1.165) is 12.5 Å². The largest absolute Gasteiger partial charge is 0.314 e. The zero-order valence-corrected chi connectivity index (χ0v) is 11.4. The van der Waals surface area contributed by atoms with Gasteiger partial charge in [0.05, 0.1) is 0 Å². The van der Waals surface area contributed by atoms with Crippen LogP contribution in [0.3, 0.4) is 0 Å². The van der Waals surface area contributed by atoms with Crippen molar-refractivity contribution in [2.24, 2.45) is 5.92 Å². The number of nitrogens with one attached hydrogen (secondary N) is 1. The van der Waals surface area contributed by atoms with Crippen molar-refractivity contribution in [1.29, 1.82) is 0 Å². The minimum atomic E-state index is 0.712. The number of hydrogen-bond donors (Lipinski definition) is 1. The fourth-order valence-corrected chi connectivity index (χ4v) is 3.89. The van der Waals surface area contributed by atoms with E-state index in [-0.39, 0.29) is 0 Å². The molecule has 1 nitrogen and oxygen atoms in total. The maximum atomic E-state index is 3.65. The highest BCUT2D eigenvalue weighted by molar-refractivity contribution is 7.99. The fourth-order valence-electron chi connectivity index (χ4n) is 2.76. The number of rotatable bonds is 5. The van der Waals surface area contributed by atoms with Crippen LogP contribution >= 0.6 is 11.8 Å². The highest BCUT2D eigenvalue weighted by atomic mass is 32.2. The van der Waals surface area contributed by atoms with Gasteiger partial charge in [0.25, 0.3) is 0 Å². The van der Waals surface area contributed by atoms with Gasteiger partial charge in [-0.25, -0.2) is 0 Å². The molecule has 1 aliphatic carbocycles. The summed E-state index contributed by atoms with van der Waals surface area (Å²) < 4.78 is 0. The summed E-state index contributed by atoms with van der Waals surface area (Å²) in [6.07, 6.45) is 5.33. The molecular weight excluding hydrogens is 226 g/mol. The molecule has 1 N–H and O–H groups in total. The summed E-state index contributed by atoms with van der Waals surface area (Å²) in [4.78, 5) is 1.54. The van der Waals surface area contributed by atoms with Gasteiger partial charge in [0.15, 0.2) is 0 Å². The van der Waals surface area contributed by atoms with Gasteiger partial charge in [-0.2, -0.15) is 0 Å². The van der Waals surface area contributed by atoms with Crippen LogP contribution in [0.4, 0.5) is 0 Å². The molecule has 0 bridgehead atoms. The van der Waals surface area contributed by atoms with E-state index in [1.54, 1.807) is 5.56 Å². The molecule has 0 aromatic heterocycles. The molecule has 2 aliphatic rings.